The van der Waals surface area contributed by atoms with Gasteiger partial charge in [0.05, 0.1) is 12.1 Å². The van der Waals surface area contributed by atoms with Crippen molar-refractivity contribution in [3.63, 3.8) is 0 Å². The van der Waals surface area contributed by atoms with Gasteiger partial charge in [-0.05, 0) is 12.5 Å². The van der Waals surface area contributed by atoms with Gasteiger partial charge in [0.1, 0.15) is 0 Å². The fourth-order valence-corrected chi connectivity index (χ4v) is 4.60. The van der Waals surface area contributed by atoms with E-state index in [1.165, 1.54) is 147 Å². The summed E-state index contributed by atoms with van der Waals surface area (Å²) in [5, 5.41) is 19.9. The van der Waals surface area contributed by atoms with Gasteiger partial charge in [-0.1, -0.05) is 167 Å². The standard InChI is InChI=1S/C30H58O3.Na/c1-2-3-4-5-6-7-8-9-10-11-12-13-14-15-16-17-18-19-20-21-22-23-24-25-26-29(31)27-28-30(32)33;/h27-29,31H,2-26H2,1H3,(H,32,33);/q;+1/p-1. The normalized spacial score (nSPS) is 12.2. The van der Waals surface area contributed by atoms with Gasteiger partial charge >= 0.3 is 29.6 Å². The molecule has 4 heteroatoms. The van der Waals surface area contributed by atoms with Crippen molar-refractivity contribution >= 4 is 5.97 Å². The van der Waals surface area contributed by atoms with Gasteiger partial charge in [-0.3, -0.25) is 0 Å². The molecule has 196 valence electrons. The van der Waals surface area contributed by atoms with Crippen LogP contribution >= 0.6 is 0 Å². The molecule has 0 aliphatic carbocycles. The summed E-state index contributed by atoms with van der Waals surface area (Å²) < 4.78 is 0. The van der Waals surface area contributed by atoms with E-state index in [0.717, 1.165) is 18.9 Å². The van der Waals surface area contributed by atoms with E-state index in [4.69, 9.17) is 0 Å². The summed E-state index contributed by atoms with van der Waals surface area (Å²) in [6.07, 6.45) is 35.3. The first-order chi connectivity index (χ1) is 16.2. The van der Waals surface area contributed by atoms with E-state index >= 15 is 0 Å². The van der Waals surface area contributed by atoms with Crippen molar-refractivity contribution in [2.24, 2.45) is 0 Å². The number of aliphatic hydroxyl groups excluding tert-OH is 1. The summed E-state index contributed by atoms with van der Waals surface area (Å²) in [5.74, 6) is -1.24. The third-order valence-corrected chi connectivity index (χ3v) is 6.81. The zero-order valence-corrected chi connectivity index (χ0v) is 25.2. The van der Waals surface area contributed by atoms with Crippen molar-refractivity contribution in [3.8, 4) is 0 Å². The Kier molecular flexibility index (Phi) is 33.3. The van der Waals surface area contributed by atoms with Gasteiger partial charge in [-0.25, -0.2) is 0 Å². The largest absolute Gasteiger partial charge is 1.00 e. The summed E-state index contributed by atoms with van der Waals surface area (Å²) in [4.78, 5) is 10.3. The number of unbranched alkanes of at least 4 members (excludes halogenated alkanes) is 23. The summed E-state index contributed by atoms with van der Waals surface area (Å²) in [5.41, 5.74) is 0. The summed E-state index contributed by atoms with van der Waals surface area (Å²) in [7, 11) is 0. The monoisotopic (exact) mass is 488 g/mol. The van der Waals surface area contributed by atoms with E-state index in [9.17, 15) is 15.0 Å². The van der Waals surface area contributed by atoms with Crippen LogP contribution in [0, 0.1) is 0 Å². The molecule has 0 aromatic heterocycles. The molecule has 3 nitrogen and oxygen atoms in total. The van der Waals surface area contributed by atoms with Crippen LogP contribution in [-0.4, -0.2) is 17.2 Å². The van der Waals surface area contributed by atoms with Crippen LogP contribution in [0.4, 0.5) is 0 Å². The van der Waals surface area contributed by atoms with E-state index in [-0.39, 0.29) is 29.6 Å². The molecule has 0 aromatic rings. The molecular weight excluding hydrogens is 431 g/mol. The minimum atomic E-state index is -1.24. The molecule has 1 atom stereocenters. The Bertz CT molecular complexity index is 425. The zero-order chi connectivity index (χ0) is 24.2. The quantitative estimate of drug-likeness (QED) is 0.0953. The van der Waals surface area contributed by atoms with Crippen molar-refractivity contribution in [3.05, 3.63) is 12.2 Å². The number of carbonyl (C=O) groups is 1. The molecule has 0 saturated heterocycles. The number of carboxylic acid groups (broad SMARTS) is 1. The van der Waals surface area contributed by atoms with Crippen LogP contribution in [0.3, 0.4) is 0 Å². The number of aliphatic hydroxyl groups is 1. The topological polar surface area (TPSA) is 60.4 Å². The Morgan fingerprint density at radius 3 is 1.12 bits per heavy atom. The first-order valence-corrected chi connectivity index (χ1v) is 14.7. The molecular formula is C30H57NaO3. The molecule has 0 saturated carbocycles. The van der Waals surface area contributed by atoms with Gasteiger partial charge in [-0.2, -0.15) is 0 Å². The maximum Gasteiger partial charge on any atom is 1.00 e. The fraction of sp³-hybridized carbons (Fsp3) is 0.900. The predicted molar refractivity (Wildman–Crippen MR) is 141 cm³/mol. The van der Waals surface area contributed by atoms with E-state index in [1.807, 2.05) is 0 Å². The van der Waals surface area contributed by atoms with Crippen molar-refractivity contribution < 1.29 is 44.6 Å². The van der Waals surface area contributed by atoms with Crippen LogP contribution in [0.2, 0.25) is 0 Å². The number of rotatable bonds is 27. The Morgan fingerprint density at radius 1 is 0.588 bits per heavy atom. The average molecular weight is 489 g/mol. The van der Waals surface area contributed by atoms with Crippen molar-refractivity contribution in [2.75, 3.05) is 0 Å². The van der Waals surface area contributed by atoms with Crippen LogP contribution in [0.15, 0.2) is 12.2 Å². The maximum absolute atomic E-state index is 10.3. The molecule has 34 heavy (non-hydrogen) atoms. The molecule has 0 amide bonds. The Hall–Kier alpha value is 0.170. The van der Waals surface area contributed by atoms with Gasteiger partial charge in [0.25, 0.3) is 0 Å². The predicted octanol–water partition coefficient (Wildman–Crippen LogP) is 5.43. The first-order valence-electron chi connectivity index (χ1n) is 14.7. The molecule has 0 bridgehead atoms. The molecule has 0 heterocycles. The summed E-state index contributed by atoms with van der Waals surface area (Å²) in [6.45, 7) is 2.29. The van der Waals surface area contributed by atoms with E-state index in [1.54, 1.807) is 0 Å². The third-order valence-electron chi connectivity index (χ3n) is 6.81. The third kappa shape index (κ3) is 32.2. The van der Waals surface area contributed by atoms with Gasteiger partial charge < -0.3 is 15.0 Å². The number of hydrogen-bond acceptors (Lipinski definition) is 3. The molecule has 0 fully saturated rings. The Labute approximate surface area is 235 Å². The van der Waals surface area contributed by atoms with Crippen LogP contribution in [0.25, 0.3) is 0 Å². The Morgan fingerprint density at radius 2 is 0.853 bits per heavy atom. The first kappa shape index (κ1) is 36.3. The number of carbonyl (C=O) groups excluding carboxylic acids is 1. The smallest absolute Gasteiger partial charge is 0.545 e. The van der Waals surface area contributed by atoms with Gasteiger partial charge in [-0.15, -0.1) is 0 Å². The second-order valence-corrected chi connectivity index (χ2v) is 10.2. The van der Waals surface area contributed by atoms with Crippen LogP contribution in [0.1, 0.15) is 167 Å². The van der Waals surface area contributed by atoms with Crippen LogP contribution in [-0.2, 0) is 4.79 Å². The molecule has 0 aliphatic rings. The average Bonchev–Trinajstić information content (AvgIpc) is 2.80. The van der Waals surface area contributed by atoms with E-state index < -0.39 is 12.1 Å². The van der Waals surface area contributed by atoms with Crippen molar-refractivity contribution in [2.45, 2.75) is 174 Å². The van der Waals surface area contributed by atoms with Gasteiger partial charge in [0.2, 0.25) is 0 Å². The second kappa shape index (κ2) is 31.2. The van der Waals surface area contributed by atoms with Crippen molar-refractivity contribution in [1.82, 2.24) is 0 Å². The molecule has 1 N–H and O–H groups in total. The molecule has 0 radical (unpaired) electrons. The van der Waals surface area contributed by atoms with E-state index in [0.29, 0.717) is 6.42 Å². The van der Waals surface area contributed by atoms with Crippen LogP contribution < -0.4 is 34.7 Å². The minimum Gasteiger partial charge on any atom is -0.545 e. The summed E-state index contributed by atoms with van der Waals surface area (Å²) >= 11 is 0. The van der Waals surface area contributed by atoms with E-state index in [2.05, 4.69) is 6.92 Å². The second-order valence-electron chi connectivity index (χ2n) is 10.2. The minimum absolute atomic E-state index is 0. The molecule has 0 aliphatic heterocycles. The Balaban J connectivity index is 0. The van der Waals surface area contributed by atoms with Gasteiger partial charge in [0.15, 0.2) is 0 Å². The zero-order valence-electron chi connectivity index (χ0n) is 23.2. The fourth-order valence-electron chi connectivity index (χ4n) is 4.60. The molecule has 0 spiro atoms. The molecule has 0 aromatic carbocycles. The maximum atomic E-state index is 10.3. The summed E-state index contributed by atoms with van der Waals surface area (Å²) in [6, 6.07) is 0. The van der Waals surface area contributed by atoms with Crippen molar-refractivity contribution in [1.29, 1.82) is 0 Å². The van der Waals surface area contributed by atoms with Crippen LogP contribution in [0.5, 0.6) is 0 Å². The molecule has 1 unspecified atom stereocenters. The number of hydrogen-bond donors (Lipinski definition) is 1. The SMILES string of the molecule is CCCCCCCCCCCCCCCCCCCCCCCCCCC(O)C=CC(=O)[O-].[Na+]. The number of aliphatic carboxylic acids is 1. The van der Waals surface area contributed by atoms with Gasteiger partial charge in [0, 0.05) is 0 Å². The number of carboxylic acids is 1. The molecule has 0 rings (SSSR count).